The lowest BCUT2D eigenvalue weighted by molar-refractivity contribution is 0.0691. The molecule has 0 aliphatic carbocycles. The maximum absolute atomic E-state index is 12.4. The summed E-state index contributed by atoms with van der Waals surface area (Å²) in [7, 11) is 0. The Balaban J connectivity index is 1.97. The second kappa shape index (κ2) is 7.27. The normalized spacial score (nSPS) is 16.2. The number of aromatic nitrogens is 1. The van der Waals surface area contributed by atoms with Crippen LogP contribution in [0.1, 0.15) is 50.0 Å². The topological polar surface area (TPSA) is 45.2 Å². The molecule has 2 rings (SSSR count). The van der Waals surface area contributed by atoms with Crippen LogP contribution in [0.5, 0.6) is 0 Å². The van der Waals surface area contributed by atoms with E-state index in [9.17, 15) is 4.79 Å². The van der Waals surface area contributed by atoms with Gasteiger partial charge in [-0.05, 0) is 37.3 Å². The van der Waals surface area contributed by atoms with Crippen LogP contribution in [0.25, 0.3) is 0 Å². The Morgan fingerprint density at radius 1 is 1.45 bits per heavy atom. The highest BCUT2D eigenvalue weighted by atomic mass is 16.2. The molecule has 1 aliphatic heterocycles. The molecular formula is C16H25N3O. The van der Waals surface area contributed by atoms with Gasteiger partial charge in [-0.25, -0.2) is 0 Å². The third-order valence-corrected chi connectivity index (χ3v) is 3.91. The number of hydrogen-bond donors (Lipinski definition) is 1. The van der Waals surface area contributed by atoms with Crippen LogP contribution in [0.2, 0.25) is 0 Å². The number of piperidine rings is 1. The van der Waals surface area contributed by atoms with Crippen LogP contribution < -0.4 is 5.32 Å². The average molecular weight is 275 g/mol. The maximum atomic E-state index is 12.4. The Kier molecular flexibility index (Phi) is 5.39. The smallest absolute Gasteiger partial charge is 0.272 e. The number of anilines is 1. The van der Waals surface area contributed by atoms with Crippen molar-refractivity contribution in [2.45, 2.75) is 39.5 Å². The molecule has 110 valence electrons. The fraction of sp³-hybridized carbons (Fsp3) is 0.625. The van der Waals surface area contributed by atoms with Crippen LogP contribution in [-0.4, -0.2) is 35.4 Å². The van der Waals surface area contributed by atoms with Gasteiger partial charge in [-0.3, -0.25) is 9.78 Å². The van der Waals surface area contributed by atoms with Crippen LogP contribution in [0.4, 0.5) is 5.69 Å². The molecule has 1 aromatic heterocycles. The van der Waals surface area contributed by atoms with Gasteiger partial charge < -0.3 is 10.2 Å². The lowest BCUT2D eigenvalue weighted by Crippen LogP contribution is -2.38. The number of hydrogen-bond acceptors (Lipinski definition) is 3. The zero-order chi connectivity index (χ0) is 14.4. The van der Waals surface area contributed by atoms with E-state index in [1.807, 2.05) is 17.0 Å². The summed E-state index contributed by atoms with van der Waals surface area (Å²) < 4.78 is 0. The molecule has 1 N–H and O–H groups in total. The molecule has 0 unspecified atom stereocenters. The molecule has 1 aromatic rings. The zero-order valence-electron chi connectivity index (χ0n) is 12.6. The van der Waals surface area contributed by atoms with Gasteiger partial charge in [0, 0.05) is 31.5 Å². The van der Waals surface area contributed by atoms with Gasteiger partial charge in [-0.15, -0.1) is 0 Å². The van der Waals surface area contributed by atoms with Crippen molar-refractivity contribution in [1.82, 2.24) is 9.88 Å². The van der Waals surface area contributed by atoms with E-state index in [-0.39, 0.29) is 5.91 Å². The van der Waals surface area contributed by atoms with Crippen LogP contribution in [0.3, 0.4) is 0 Å². The molecule has 2 heterocycles. The minimum Gasteiger partial charge on any atom is -0.385 e. The summed E-state index contributed by atoms with van der Waals surface area (Å²) in [5.74, 6) is 0.796. The third kappa shape index (κ3) is 3.95. The first-order chi connectivity index (χ1) is 9.70. The number of likely N-dealkylation sites (tertiary alicyclic amines) is 1. The maximum Gasteiger partial charge on any atom is 0.272 e. The molecule has 4 nitrogen and oxygen atoms in total. The van der Waals surface area contributed by atoms with E-state index >= 15 is 0 Å². The Labute approximate surface area is 121 Å². The minimum atomic E-state index is 0.0658. The van der Waals surface area contributed by atoms with Crippen LogP contribution in [-0.2, 0) is 0 Å². The van der Waals surface area contributed by atoms with Gasteiger partial charge in [-0.1, -0.05) is 20.3 Å². The van der Waals surface area contributed by atoms with Crippen molar-refractivity contribution in [2.24, 2.45) is 5.92 Å². The number of amides is 1. The molecular weight excluding hydrogens is 250 g/mol. The second-order valence-electron chi connectivity index (χ2n) is 5.68. The number of pyridine rings is 1. The number of nitrogens with one attached hydrogen (secondary N) is 1. The van der Waals surface area contributed by atoms with Gasteiger partial charge in [0.1, 0.15) is 5.69 Å². The van der Waals surface area contributed by atoms with Gasteiger partial charge in [0.15, 0.2) is 0 Å². The highest BCUT2D eigenvalue weighted by molar-refractivity contribution is 5.93. The molecule has 0 bridgehead atoms. The van der Waals surface area contributed by atoms with Gasteiger partial charge in [0.2, 0.25) is 0 Å². The van der Waals surface area contributed by atoms with Crippen molar-refractivity contribution < 1.29 is 4.79 Å². The minimum absolute atomic E-state index is 0.0658. The van der Waals surface area contributed by atoms with Crippen molar-refractivity contribution in [3.63, 3.8) is 0 Å². The quantitative estimate of drug-likeness (QED) is 0.840. The highest BCUT2D eigenvalue weighted by Gasteiger charge is 2.22. The molecule has 0 aromatic carbocycles. The number of carbonyl (C=O) groups excluding carboxylic acids is 1. The third-order valence-electron chi connectivity index (χ3n) is 3.91. The summed E-state index contributed by atoms with van der Waals surface area (Å²) in [5.41, 5.74) is 1.54. The summed E-state index contributed by atoms with van der Waals surface area (Å²) >= 11 is 0. The molecule has 1 amide bonds. The molecule has 4 heteroatoms. The fourth-order valence-electron chi connectivity index (χ4n) is 2.44. The lowest BCUT2D eigenvalue weighted by atomic mass is 9.99. The van der Waals surface area contributed by atoms with E-state index in [0.29, 0.717) is 5.69 Å². The van der Waals surface area contributed by atoms with Gasteiger partial charge in [0.25, 0.3) is 5.91 Å². The predicted octanol–water partition coefficient (Wildman–Crippen LogP) is 3.17. The zero-order valence-corrected chi connectivity index (χ0v) is 12.6. The summed E-state index contributed by atoms with van der Waals surface area (Å²) in [6.07, 6.45) is 6.21. The van der Waals surface area contributed by atoms with E-state index in [2.05, 4.69) is 24.1 Å². The van der Waals surface area contributed by atoms with Crippen molar-refractivity contribution in [2.75, 3.05) is 25.0 Å². The summed E-state index contributed by atoms with van der Waals surface area (Å²) in [5, 5.41) is 3.34. The van der Waals surface area contributed by atoms with Crippen molar-refractivity contribution >= 4 is 11.6 Å². The fourth-order valence-corrected chi connectivity index (χ4v) is 2.44. The molecule has 1 saturated heterocycles. The summed E-state index contributed by atoms with van der Waals surface area (Å²) in [6.45, 7) is 7.07. The van der Waals surface area contributed by atoms with E-state index in [0.717, 1.165) is 56.9 Å². The second-order valence-corrected chi connectivity index (χ2v) is 5.68. The number of unbranched alkanes of at least 4 members (excludes halogenated alkanes) is 1. The van der Waals surface area contributed by atoms with Crippen LogP contribution in [0.15, 0.2) is 18.3 Å². The number of rotatable bonds is 5. The standard InChI is InChI=1S/C16H25N3O/c1-3-4-8-17-14-5-9-18-15(12-14)16(20)19-10-6-13(2)7-11-19/h5,9,12-13H,3-4,6-8,10-11H2,1-2H3,(H,17,18). The summed E-state index contributed by atoms with van der Waals surface area (Å²) in [6, 6.07) is 3.79. The average Bonchev–Trinajstić information content (AvgIpc) is 2.48. The first-order valence-electron chi connectivity index (χ1n) is 7.70. The number of carbonyl (C=O) groups is 1. The highest BCUT2D eigenvalue weighted by Crippen LogP contribution is 2.18. The Bertz CT molecular complexity index is 439. The molecule has 1 fully saturated rings. The number of nitrogens with zero attached hydrogens (tertiary/aromatic N) is 2. The largest absolute Gasteiger partial charge is 0.385 e. The summed E-state index contributed by atoms with van der Waals surface area (Å²) in [4.78, 5) is 18.6. The van der Waals surface area contributed by atoms with Crippen LogP contribution >= 0.6 is 0 Å². The van der Waals surface area contributed by atoms with Crippen molar-refractivity contribution in [1.29, 1.82) is 0 Å². The van der Waals surface area contributed by atoms with Crippen LogP contribution in [0, 0.1) is 5.92 Å². The van der Waals surface area contributed by atoms with E-state index in [1.165, 1.54) is 0 Å². The van der Waals surface area contributed by atoms with Gasteiger partial charge in [0.05, 0.1) is 0 Å². The molecule has 1 aliphatic rings. The SMILES string of the molecule is CCCCNc1ccnc(C(=O)N2CCC(C)CC2)c1. The first kappa shape index (κ1) is 14.8. The van der Waals surface area contributed by atoms with E-state index < -0.39 is 0 Å². The first-order valence-corrected chi connectivity index (χ1v) is 7.70. The predicted molar refractivity (Wildman–Crippen MR) is 81.9 cm³/mol. The van der Waals surface area contributed by atoms with E-state index in [1.54, 1.807) is 6.20 Å². The Morgan fingerprint density at radius 2 is 2.20 bits per heavy atom. The molecule has 0 atom stereocenters. The molecule has 20 heavy (non-hydrogen) atoms. The van der Waals surface area contributed by atoms with Crippen molar-refractivity contribution in [3.8, 4) is 0 Å². The lowest BCUT2D eigenvalue weighted by Gasteiger charge is -2.30. The Morgan fingerprint density at radius 3 is 2.90 bits per heavy atom. The Hall–Kier alpha value is -1.58. The van der Waals surface area contributed by atoms with Gasteiger partial charge >= 0.3 is 0 Å². The molecule has 0 spiro atoms. The van der Waals surface area contributed by atoms with E-state index in [4.69, 9.17) is 0 Å². The molecule has 0 saturated carbocycles. The monoisotopic (exact) mass is 275 g/mol. The molecule has 0 radical (unpaired) electrons. The van der Waals surface area contributed by atoms with Gasteiger partial charge in [-0.2, -0.15) is 0 Å². The van der Waals surface area contributed by atoms with Crippen molar-refractivity contribution in [3.05, 3.63) is 24.0 Å².